The standard InChI is InChI=1S/C20H25NO2/c1-21-13-12-20(16-6-4-3-5-7-16)17(14-21)15-23-19-10-8-18(22-2)9-11-19/h3-11,17,20H,12-15H2,1-2H3/t17-,20-/m0/s1. The molecule has 23 heavy (non-hydrogen) atoms. The number of nitrogens with zero attached hydrogens (tertiary/aromatic N) is 1. The highest BCUT2D eigenvalue weighted by Gasteiger charge is 2.29. The third kappa shape index (κ3) is 4.05. The van der Waals surface area contributed by atoms with E-state index in [9.17, 15) is 0 Å². The van der Waals surface area contributed by atoms with Gasteiger partial charge in [-0.05, 0) is 55.8 Å². The van der Waals surface area contributed by atoms with Crippen LogP contribution in [-0.2, 0) is 0 Å². The molecular formula is C20H25NO2. The van der Waals surface area contributed by atoms with Crippen molar-refractivity contribution < 1.29 is 9.47 Å². The molecule has 1 saturated heterocycles. The van der Waals surface area contributed by atoms with Gasteiger partial charge in [-0.15, -0.1) is 0 Å². The van der Waals surface area contributed by atoms with Crippen LogP contribution < -0.4 is 9.47 Å². The van der Waals surface area contributed by atoms with Crippen molar-refractivity contribution in [3.63, 3.8) is 0 Å². The molecule has 0 saturated carbocycles. The molecule has 2 atom stereocenters. The predicted molar refractivity (Wildman–Crippen MR) is 93.3 cm³/mol. The van der Waals surface area contributed by atoms with Gasteiger partial charge in [-0.25, -0.2) is 0 Å². The zero-order valence-electron chi connectivity index (χ0n) is 13.9. The van der Waals surface area contributed by atoms with Crippen molar-refractivity contribution in [3.05, 3.63) is 60.2 Å². The van der Waals surface area contributed by atoms with E-state index >= 15 is 0 Å². The summed E-state index contributed by atoms with van der Waals surface area (Å²) in [6.45, 7) is 2.98. The summed E-state index contributed by atoms with van der Waals surface area (Å²) in [5.41, 5.74) is 1.43. The van der Waals surface area contributed by atoms with Crippen molar-refractivity contribution in [2.24, 2.45) is 5.92 Å². The maximum atomic E-state index is 6.06. The SMILES string of the molecule is COc1ccc(OC[C@@H]2CN(C)CC[C@H]2c2ccccc2)cc1. The van der Waals surface area contributed by atoms with E-state index in [1.165, 1.54) is 12.0 Å². The minimum absolute atomic E-state index is 0.512. The van der Waals surface area contributed by atoms with Gasteiger partial charge >= 0.3 is 0 Å². The van der Waals surface area contributed by atoms with Crippen LogP contribution in [0.4, 0.5) is 0 Å². The van der Waals surface area contributed by atoms with Gasteiger partial charge < -0.3 is 14.4 Å². The molecule has 0 amide bonds. The summed E-state index contributed by atoms with van der Waals surface area (Å²) in [5.74, 6) is 2.85. The fourth-order valence-corrected chi connectivity index (χ4v) is 3.40. The minimum Gasteiger partial charge on any atom is -0.497 e. The molecule has 0 unspecified atom stereocenters. The summed E-state index contributed by atoms with van der Waals surface area (Å²) in [5, 5.41) is 0. The number of hydrogen-bond acceptors (Lipinski definition) is 3. The number of piperidine rings is 1. The Bertz CT molecular complexity index is 597. The van der Waals surface area contributed by atoms with Gasteiger partial charge in [0, 0.05) is 12.5 Å². The number of benzene rings is 2. The molecule has 0 spiro atoms. The Morgan fingerprint density at radius 2 is 1.70 bits per heavy atom. The molecule has 1 aliphatic heterocycles. The Hall–Kier alpha value is -2.00. The zero-order chi connectivity index (χ0) is 16.1. The molecule has 0 N–H and O–H groups in total. The second kappa shape index (κ2) is 7.51. The van der Waals surface area contributed by atoms with E-state index in [1.807, 2.05) is 24.3 Å². The average Bonchev–Trinajstić information content (AvgIpc) is 2.61. The third-order valence-corrected chi connectivity index (χ3v) is 4.69. The van der Waals surface area contributed by atoms with Crippen molar-refractivity contribution in [1.29, 1.82) is 0 Å². The quantitative estimate of drug-likeness (QED) is 0.838. The van der Waals surface area contributed by atoms with Gasteiger partial charge in [-0.2, -0.15) is 0 Å². The smallest absolute Gasteiger partial charge is 0.119 e. The van der Waals surface area contributed by atoms with E-state index in [-0.39, 0.29) is 0 Å². The molecule has 2 aromatic rings. The first-order valence-electron chi connectivity index (χ1n) is 8.26. The second-order valence-corrected chi connectivity index (χ2v) is 6.31. The summed E-state index contributed by atoms with van der Waals surface area (Å²) in [6.07, 6.45) is 1.19. The Balaban J connectivity index is 1.67. The number of methoxy groups -OCH3 is 1. The van der Waals surface area contributed by atoms with Crippen LogP contribution >= 0.6 is 0 Å². The molecule has 2 aromatic carbocycles. The molecule has 122 valence electrons. The number of likely N-dealkylation sites (tertiary alicyclic amines) is 1. The molecule has 0 bridgehead atoms. The monoisotopic (exact) mass is 311 g/mol. The number of rotatable bonds is 5. The third-order valence-electron chi connectivity index (χ3n) is 4.69. The second-order valence-electron chi connectivity index (χ2n) is 6.31. The fourth-order valence-electron chi connectivity index (χ4n) is 3.40. The highest BCUT2D eigenvalue weighted by molar-refractivity contribution is 5.31. The summed E-state index contributed by atoms with van der Waals surface area (Å²) in [6, 6.07) is 18.7. The lowest BCUT2D eigenvalue weighted by Gasteiger charge is -2.37. The van der Waals surface area contributed by atoms with Crippen LogP contribution in [-0.4, -0.2) is 38.8 Å². The summed E-state index contributed by atoms with van der Waals surface area (Å²) in [7, 11) is 3.87. The molecular weight excluding hydrogens is 286 g/mol. The molecule has 3 rings (SSSR count). The van der Waals surface area contributed by atoms with Gasteiger partial charge in [-0.1, -0.05) is 30.3 Å². The largest absolute Gasteiger partial charge is 0.497 e. The summed E-state index contributed by atoms with van der Waals surface area (Å²) < 4.78 is 11.3. The van der Waals surface area contributed by atoms with Gasteiger partial charge in [0.15, 0.2) is 0 Å². The Morgan fingerprint density at radius 3 is 2.39 bits per heavy atom. The van der Waals surface area contributed by atoms with Crippen molar-refractivity contribution in [3.8, 4) is 11.5 Å². The molecule has 3 heteroatoms. The average molecular weight is 311 g/mol. The van der Waals surface area contributed by atoms with Crippen LogP contribution in [0.2, 0.25) is 0 Å². The molecule has 1 aliphatic rings. The van der Waals surface area contributed by atoms with Gasteiger partial charge in [-0.3, -0.25) is 0 Å². The van der Waals surface area contributed by atoms with Crippen LogP contribution in [0.3, 0.4) is 0 Å². The number of ether oxygens (including phenoxy) is 2. The van der Waals surface area contributed by atoms with Crippen molar-refractivity contribution >= 4 is 0 Å². The maximum absolute atomic E-state index is 6.06. The maximum Gasteiger partial charge on any atom is 0.119 e. The Labute approximate surface area is 138 Å². The van der Waals surface area contributed by atoms with Gasteiger partial charge in [0.2, 0.25) is 0 Å². The zero-order valence-corrected chi connectivity index (χ0v) is 13.9. The van der Waals surface area contributed by atoms with Crippen LogP contribution in [0.1, 0.15) is 17.9 Å². The van der Waals surface area contributed by atoms with E-state index in [4.69, 9.17) is 9.47 Å². The highest BCUT2D eigenvalue weighted by Crippen LogP contribution is 2.33. The van der Waals surface area contributed by atoms with Crippen molar-refractivity contribution in [1.82, 2.24) is 4.90 Å². The van der Waals surface area contributed by atoms with Crippen LogP contribution in [0.15, 0.2) is 54.6 Å². The first-order valence-corrected chi connectivity index (χ1v) is 8.26. The Morgan fingerprint density at radius 1 is 1.00 bits per heavy atom. The fraction of sp³-hybridized carbons (Fsp3) is 0.400. The highest BCUT2D eigenvalue weighted by atomic mass is 16.5. The molecule has 1 heterocycles. The van der Waals surface area contributed by atoms with Gasteiger partial charge in [0.1, 0.15) is 11.5 Å². The lowest BCUT2D eigenvalue weighted by Crippen LogP contribution is -2.39. The van der Waals surface area contributed by atoms with Crippen molar-refractivity contribution in [2.45, 2.75) is 12.3 Å². The molecule has 0 radical (unpaired) electrons. The van der Waals surface area contributed by atoms with E-state index in [0.29, 0.717) is 11.8 Å². The predicted octanol–water partition coefficient (Wildman–Crippen LogP) is 3.81. The molecule has 3 nitrogen and oxygen atoms in total. The van der Waals surface area contributed by atoms with Crippen LogP contribution in [0.25, 0.3) is 0 Å². The molecule has 0 aliphatic carbocycles. The van der Waals surface area contributed by atoms with E-state index < -0.39 is 0 Å². The van der Waals surface area contributed by atoms with Gasteiger partial charge in [0.25, 0.3) is 0 Å². The Kier molecular flexibility index (Phi) is 5.19. The minimum atomic E-state index is 0.512. The van der Waals surface area contributed by atoms with Crippen LogP contribution in [0, 0.1) is 5.92 Å². The van der Waals surface area contributed by atoms with Gasteiger partial charge in [0.05, 0.1) is 13.7 Å². The van der Waals surface area contributed by atoms with Crippen molar-refractivity contribution in [2.75, 3.05) is 33.9 Å². The topological polar surface area (TPSA) is 21.7 Å². The van der Waals surface area contributed by atoms with E-state index in [0.717, 1.165) is 31.2 Å². The lowest BCUT2D eigenvalue weighted by molar-refractivity contribution is 0.129. The van der Waals surface area contributed by atoms with Crippen LogP contribution in [0.5, 0.6) is 11.5 Å². The summed E-state index contributed by atoms with van der Waals surface area (Å²) >= 11 is 0. The van der Waals surface area contributed by atoms with E-state index in [2.05, 4.69) is 42.3 Å². The number of hydrogen-bond donors (Lipinski definition) is 0. The van der Waals surface area contributed by atoms with E-state index in [1.54, 1.807) is 7.11 Å². The normalized spacial score (nSPS) is 21.8. The first kappa shape index (κ1) is 15.9. The molecule has 0 aromatic heterocycles. The first-order chi connectivity index (χ1) is 11.3. The lowest BCUT2D eigenvalue weighted by atomic mass is 9.81. The molecule has 1 fully saturated rings. The summed E-state index contributed by atoms with van der Waals surface area (Å²) in [4.78, 5) is 2.40.